The number of hydrogen-bond acceptors (Lipinski definition) is 3. The van der Waals surface area contributed by atoms with Gasteiger partial charge in [0.1, 0.15) is 0 Å². The van der Waals surface area contributed by atoms with Crippen LogP contribution >= 0.6 is 34.0 Å². The van der Waals surface area contributed by atoms with E-state index in [9.17, 15) is 0 Å². The Morgan fingerprint density at radius 2 is 0.686 bits per heavy atom. The molecule has 0 fully saturated rings. The molecule has 12 aromatic rings. The molecule has 0 nitrogen and oxygen atoms in total. The van der Waals surface area contributed by atoms with Crippen LogP contribution in [0.3, 0.4) is 0 Å². The summed E-state index contributed by atoms with van der Waals surface area (Å²) < 4.78 is 8.06. The normalized spacial score (nSPS) is 12.3. The van der Waals surface area contributed by atoms with Gasteiger partial charge in [-0.25, -0.2) is 0 Å². The second-order valence-electron chi connectivity index (χ2n) is 13.5. The van der Waals surface area contributed by atoms with Gasteiger partial charge in [-0.2, -0.15) is 0 Å². The standard InChI is InChI=1S/C48H26S3/c1-3-12-33-31(10-1)44(28-20-22-40-37(25-28)30-9-5-7-15-38(30)49-40)32-11-2-4-13-34(32)45(33)29-17-21-36-43(26-29)51-42-24-19-27-18-23-41-47(46(27)48(36)42)35-14-6-8-16-39(35)50-41/h1-26H. The Kier molecular flexibility index (Phi) is 5.78. The lowest BCUT2D eigenvalue weighted by Gasteiger charge is -2.18. The zero-order chi connectivity index (χ0) is 33.2. The monoisotopic (exact) mass is 698 g/mol. The van der Waals surface area contributed by atoms with Crippen molar-refractivity contribution >= 4 is 127 Å². The third-order valence-corrected chi connectivity index (χ3v) is 14.2. The molecule has 9 aromatic carbocycles. The molecule has 0 N–H and O–H groups in total. The second kappa shape index (κ2) is 10.5. The molecule has 0 atom stereocenters. The molecule has 0 aliphatic carbocycles. The first-order valence-electron chi connectivity index (χ1n) is 17.3. The van der Waals surface area contributed by atoms with Crippen LogP contribution in [0.2, 0.25) is 0 Å². The highest BCUT2D eigenvalue weighted by molar-refractivity contribution is 7.27. The van der Waals surface area contributed by atoms with E-state index in [0.29, 0.717) is 0 Å². The Balaban J connectivity index is 1.13. The van der Waals surface area contributed by atoms with Crippen molar-refractivity contribution in [3.05, 3.63) is 158 Å². The van der Waals surface area contributed by atoms with Gasteiger partial charge < -0.3 is 0 Å². The molecule has 0 aliphatic heterocycles. The molecule has 3 aromatic heterocycles. The minimum atomic E-state index is 1.27. The summed E-state index contributed by atoms with van der Waals surface area (Å²) in [5, 5.41) is 16.0. The molecule has 3 heteroatoms. The number of hydrogen-bond donors (Lipinski definition) is 0. The minimum Gasteiger partial charge on any atom is -0.135 e. The number of rotatable bonds is 2. The molecule has 0 amide bonds. The fourth-order valence-corrected chi connectivity index (χ4v) is 12.0. The van der Waals surface area contributed by atoms with Gasteiger partial charge in [-0.3, -0.25) is 0 Å². The van der Waals surface area contributed by atoms with E-state index in [-0.39, 0.29) is 0 Å². The average molecular weight is 699 g/mol. The van der Waals surface area contributed by atoms with E-state index in [1.807, 2.05) is 34.0 Å². The van der Waals surface area contributed by atoms with Crippen molar-refractivity contribution in [2.24, 2.45) is 0 Å². The third kappa shape index (κ3) is 3.94. The molecule has 0 saturated carbocycles. The van der Waals surface area contributed by atoms with Gasteiger partial charge in [0.25, 0.3) is 0 Å². The van der Waals surface area contributed by atoms with Gasteiger partial charge in [0.15, 0.2) is 0 Å². The Morgan fingerprint density at radius 3 is 1.33 bits per heavy atom. The Hall–Kier alpha value is -5.58. The Labute approximate surface area is 305 Å². The van der Waals surface area contributed by atoms with Crippen LogP contribution in [0.25, 0.3) is 115 Å². The molecule has 12 rings (SSSR count). The van der Waals surface area contributed by atoms with Gasteiger partial charge in [0, 0.05) is 65.9 Å². The topological polar surface area (TPSA) is 0 Å². The van der Waals surface area contributed by atoms with Gasteiger partial charge in [-0.15, -0.1) is 34.0 Å². The quantitative estimate of drug-likeness (QED) is 0.158. The van der Waals surface area contributed by atoms with Crippen LogP contribution in [0.1, 0.15) is 0 Å². The van der Waals surface area contributed by atoms with Crippen molar-refractivity contribution in [1.82, 2.24) is 0 Å². The predicted octanol–water partition coefficient (Wildman–Crippen LogP) is 15.6. The first-order valence-corrected chi connectivity index (χ1v) is 19.8. The lowest BCUT2D eigenvalue weighted by Crippen LogP contribution is -1.90. The van der Waals surface area contributed by atoms with Crippen molar-refractivity contribution in [2.75, 3.05) is 0 Å². The molecular formula is C48H26S3. The zero-order valence-corrected chi connectivity index (χ0v) is 29.7. The first-order chi connectivity index (χ1) is 25.3. The smallest absolute Gasteiger partial charge is 0.0362 e. The van der Waals surface area contributed by atoms with Crippen LogP contribution in [0.4, 0.5) is 0 Å². The van der Waals surface area contributed by atoms with E-state index in [1.165, 1.54) is 115 Å². The summed E-state index contributed by atoms with van der Waals surface area (Å²) in [4.78, 5) is 0. The molecule has 236 valence electrons. The first kappa shape index (κ1) is 28.2. The molecule has 0 radical (unpaired) electrons. The minimum absolute atomic E-state index is 1.27. The average Bonchev–Trinajstić information content (AvgIpc) is 3.87. The van der Waals surface area contributed by atoms with Gasteiger partial charge in [0.05, 0.1) is 0 Å². The second-order valence-corrected chi connectivity index (χ2v) is 16.8. The van der Waals surface area contributed by atoms with Gasteiger partial charge in [0.2, 0.25) is 0 Å². The number of thiophene rings is 3. The summed E-state index contributed by atoms with van der Waals surface area (Å²) >= 11 is 5.70. The van der Waals surface area contributed by atoms with Crippen LogP contribution in [0.5, 0.6) is 0 Å². The highest BCUT2D eigenvalue weighted by Crippen LogP contribution is 2.49. The van der Waals surface area contributed by atoms with E-state index in [1.54, 1.807) is 0 Å². The van der Waals surface area contributed by atoms with Crippen LogP contribution in [0, 0.1) is 0 Å². The van der Waals surface area contributed by atoms with Crippen molar-refractivity contribution in [3.8, 4) is 22.3 Å². The fraction of sp³-hybridized carbons (Fsp3) is 0. The van der Waals surface area contributed by atoms with Crippen molar-refractivity contribution in [2.45, 2.75) is 0 Å². The maximum absolute atomic E-state index is 2.45. The number of fused-ring (bicyclic) bond motifs is 14. The zero-order valence-electron chi connectivity index (χ0n) is 27.2. The largest absolute Gasteiger partial charge is 0.135 e. The Bertz CT molecular complexity index is 3370. The maximum atomic E-state index is 2.45. The summed E-state index contributed by atoms with van der Waals surface area (Å²) in [7, 11) is 0. The molecule has 51 heavy (non-hydrogen) atoms. The molecule has 0 bridgehead atoms. The van der Waals surface area contributed by atoms with E-state index in [4.69, 9.17) is 0 Å². The molecule has 0 aliphatic rings. The van der Waals surface area contributed by atoms with Crippen LogP contribution < -0.4 is 0 Å². The summed E-state index contributed by atoms with van der Waals surface area (Å²) in [5.41, 5.74) is 5.15. The van der Waals surface area contributed by atoms with Crippen LogP contribution in [-0.4, -0.2) is 0 Å². The van der Waals surface area contributed by atoms with Crippen molar-refractivity contribution < 1.29 is 0 Å². The summed E-state index contributed by atoms with van der Waals surface area (Å²) in [6.45, 7) is 0. The number of benzene rings is 9. The fourth-order valence-electron chi connectivity index (χ4n) is 8.68. The summed E-state index contributed by atoms with van der Waals surface area (Å²) in [6.07, 6.45) is 0. The summed E-state index contributed by atoms with van der Waals surface area (Å²) in [5.74, 6) is 0. The lowest BCUT2D eigenvalue weighted by molar-refractivity contribution is 1.70. The van der Waals surface area contributed by atoms with E-state index in [2.05, 4.69) is 158 Å². The Morgan fingerprint density at radius 1 is 0.255 bits per heavy atom. The highest BCUT2D eigenvalue weighted by Gasteiger charge is 2.20. The molecule has 3 heterocycles. The molecule has 0 saturated heterocycles. The van der Waals surface area contributed by atoms with Gasteiger partial charge in [-0.1, -0.05) is 115 Å². The third-order valence-electron chi connectivity index (χ3n) is 10.8. The van der Waals surface area contributed by atoms with Crippen molar-refractivity contribution in [3.63, 3.8) is 0 Å². The van der Waals surface area contributed by atoms with E-state index in [0.717, 1.165) is 0 Å². The maximum Gasteiger partial charge on any atom is 0.0362 e. The van der Waals surface area contributed by atoms with Crippen molar-refractivity contribution in [1.29, 1.82) is 0 Å². The van der Waals surface area contributed by atoms with E-state index >= 15 is 0 Å². The van der Waals surface area contributed by atoms with Crippen LogP contribution in [-0.2, 0) is 0 Å². The molecule has 0 unspecified atom stereocenters. The SMILES string of the molecule is c1ccc2c(c1)sc1ccc(-c3c4ccccc4c(-c4ccc5c(c4)sc4ccc6ccc7sc8ccccc8c7c6c45)c4ccccc34)cc12. The highest BCUT2D eigenvalue weighted by atomic mass is 32.1. The summed E-state index contributed by atoms with van der Waals surface area (Å²) in [6, 6.07) is 59.3. The van der Waals surface area contributed by atoms with Gasteiger partial charge in [-0.05, 0) is 91.6 Å². The lowest BCUT2D eigenvalue weighted by atomic mass is 9.85. The van der Waals surface area contributed by atoms with E-state index < -0.39 is 0 Å². The predicted molar refractivity (Wildman–Crippen MR) is 228 cm³/mol. The van der Waals surface area contributed by atoms with Gasteiger partial charge >= 0.3 is 0 Å². The molecule has 0 spiro atoms. The molecular weight excluding hydrogens is 673 g/mol. The van der Waals surface area contributed by atoms with Crippen LogP contribution in [0.15, 0.2) is 158 Å².